The first-order valence-electron chi connectivity index (χ1n) is 11.3. The summed E-state index contributed by atoms with van der Waals surface area (Å²) in [5.74, 6) is 0.332. The van der Waals surface area contributed by atoms with Crippen molar-refractivity contribution in [3.63, 3.8) is 0 Å². The van der Waals surface area contributed by atoms with Crippen molar-refractivity contribution in [2.75, 3.05) is 49.7 Å². The number of aromatic nitrogens is 1. The largest absolute Gasteiger partial charge is 0.486 e. The van der Waals surface area contributed by atoms with Crippen molar-refractivity contribution in [2.24, 2.45) is 0 Å². The van der Waals surface area contributed by atoms with Gasteiger partial charge in [-0.1, -0.05) is 18.2 Å². The van der Waals surface area contributed by atoms with Crippen LogP contribution in [0.1, 0.15) is 5.56 Å². The number of nitro benzene ring substituents is 1. The van der Waals surface area contributed by atoms with Gasteiger partial charge in [-0.05, 0) is 18.2 Å². The number of pyridine rings is 1. The van der Waals surface area contributed by atoms with Gasteiger partial charge in [-0.3, -0.25) is 14.9 Å². The van der Waals surface area contributed by atoms with E-state index in [-0.39, 0.29) is 41.7 Å². The first-order chi connectivity index (χ1) is 17.5. The molecule has 1 fully saturated rings. The molecule has 11 heteroatoms. The molecular formula is C25H21N5O6. The van der Waals surface area contributed by atoms with Crippen molar-refractivity contribution < 1.29 is 23.9 Å². The molecule has 2 aliphatic rings. The molecule has 1 saturated heterocycles. The van der Waals surface area contributed by atoms with Crippen LogP contribution in [0.2, 0.25) is 0 Å². The fourth-order valence-electron chi connectivity index (χ4n) is 4.08. The molecule has 0 spiro atoms. The Balaban J connectivity index is 1.52. The van der Waals surface area contributed by atoms with Gasteiger partial charge >= 0.3 is 0 Å². The number of para-hydroxylation sites is 1. The SMILES string of the molecule is N#CC(=Cc1cc2ccccc2nc1N1CCOCC1)C(=O)Nc1cc2c(cc1[N+](=O)[O-])OCCO2. The van der Waals surface area contributed by atoms with Gasteiger partial charge in [0.25, 0.3) is 11.6 Å². The van der Waals surface area contributed by atoms with E-state index in [4.69, 9.17) is 19.2 Å². The van der Waals surface area contributed by atoms with Gasteiger partial charge in [-0.15, -0.1) is 0 Å². The molecule has 3 aromatic rings. The second kappa shape index (κ2) is 9.89. The number of nitrogens with zero attached hydrogens (tertiary/aromatic N) is 4. The summed E-state index contributed by atoms with van der Waals surface area (Å²) < 4.78 is 16.3. The molecule has 0 bridgehead atoms. The number of ether oxygens (including phenoxy) is 3. The summed E-state index contributed by atoms with van der Waals surface area (Å²) >= 11 is 0. The molecule has 3 heterocycles. The number of nitriles is 1. The Hall–Kier alpha value is -4.69. The Kier molecular flexibility index (Phi) is 6.34. The number of amides is 1. The highest BCUT2D eigenvalue weighted by atomic mass is 16.6. The second-order valence-electron chi connectivity index (χ2n) is 8.09. The summed E-state index contributed by atoms with van der Waals surface area (Å²) in [5, 5.41) is 24.8. The Morgan fingerprint density at radius 3 is 2.56 bits per heavy atom. The number of nitrogens with one attached hydrogen (secondary N) is 1. The highest BCUT2D eigenvalue weighted by molar-refractivity contribution is 6.11. The molecule has 1 N–H and O–H groups in total. The van der Waals surface area contributed by atoms with Crippen molar-refractivity contribution in [1.29, 1.82) is 5.26 Å². The van der Waals surface area contributed by atoms with Crippen LogP contribution in [0.3, 0.4) is 0 Å². The predicted octanol–water partition coefficient (Wildman–Crippen LogP) is 3.30. The van der Waals surface area contributed by atoms with Crippen molar-refractivity contribution in [1.82, 2.24) is 4.98 Å². The number of nitro groups is 1. The third-order valence-electron chi connectivity index (χ3n) is 5.81. The molecule has 0 radical (unpaired) electrons. The third-order valence-corrected chi connectivity index (χ3v) is 5.81. The van der Waals surface area contributed by atoms with Crippen LogP contribution in [0.5, 0.6) is 11.5 Å². The summed E-state index contributed by atoms with van der Waals surface area (Å²) in [6.45, 7) is 2.85. The smallest absolute Gasteiger partial charge is 0.296 e. The lowest BCUT2D eigenvalue weighted by Crippen LogP contribution is -2.37. The van der Waals surface area contributed by atoms with Gasteiger partial charge in [0, 0.05) is 30.1 Å². The number of rotatable bonds is 5. The molecule has 1 amide bonds. The van der Waals surface area contributed by atoms with Crippen LogP contribution >= 0.6 is 0 Å². The molecule has 11 nitrogen and oxygen atoms in total. The number of carbonyl (C=O) groups is 1. The van der Waals surface area contributed by atoms with Crippen molar-refractivity contribution in [3.05, 3.63) is 63.7 Å². The first kappa shape index (κ1) is 23.1. The van der Waals surface area contributed by atoms with Crippen molar-refractivity contribution in [3.8, 4) is 17.6 Å². The Bertz CT molecular complexity index is 1420. The van der Waals surface area contributed by atoms with E-state index in [0.29, 0.717) is 37.7 Å². The molecule has 2 aromatic carbocycles. The normalized spacial score (nSPS) is 15.3. The van der Waals surface area contributed by atoms with Crippen LogP contribution in [0.4, 0.5) is 17.2 Å². The van der Waals surface area contributed by atoms with E-state index in [1.165, 1.54) is 18.2 Å². The van der Waals surface area contributed by atoms with E-state index in [2.05, 4.69) is 5.32 Å². The Morgan fingerprint density at radius 2 is 1.83 bits per heavy atom. The van der Waals surface area contributed by atoms with Crippen LogP contribution in [0.15, 0.2) is 48.0 Å². The molecule has 0 saturated carbocycles. The van der Waals surface area contributed by atoms with Gasteiger partial charge in [0.05, 0.1) is 29.7 Å². The summed E-state index contributed by atoms with van der Waals surface area (Å²) in [6, 6.07) is 13.9. The van der Waals surface area contributed by atoms with E-state index in [9.17, 15) is 20.2 Å². The van der Waals surface area contributed by atoms with Gasteiger partial charge in [0.1, 0.15) is 36.4 Å². The van der Waals surface area contributed by atoms with Crippen molar-refractivity contribution in [2.45, 2.75) is 0 Å². The van der Waals surface area contributed by atoms with Crippen LogP contribution in [-0.4, -0.2) is 55.3 Å². The summed E-state index contributed by atoms with van der Waals surface area (Å²) in [7, 11) is 0. The summed E-state index contributed by atoms with van der Waals surface area (Å²) in [6.07, 6.45) is 1.45. The van der Waals surface area contributed by atoms with E-state index in [1.54, 1.807) is 0 Å². The van der Waals surface area contributed by atoms with E-state index < -0.39 is 10.8 Å². The second-order valence-corrected chi connectivity index (χ2v) is 8.09. The zero-order valence-electron chi connectivity index (χ0n) is 19.1. The number of carbonyl (C=O) groups excluding carboxylic acids is 1. The maximum Gasteiger partial charge on any atom is 0.296 e. The minimum Gasteiger partial charge on any atom is -0.486 e. The van der Waals surface area contributed by atoms with Gasteiger partial charge in [-0.25, -0.2) is 4.98 Å². The quantitative estimate of drug-likeness (QED) is 0.248. The van der Waals surface area contributed by atoms with Gasteiger partial charge in [-0.2, -0.15) is 5.26 Å². The average Bonchev–Trinajstić information content (AvgIpc) is 2.91. The third kappa shape index (κ3) is 4.62. The number of hydrogen-bond acceptors (Lipinski definition) is 9. The van der Waals surface area contributed by atoms with E-state index in [0.717, 1.165) is 10.9 Å². The van der Waals surface area contributed by atoms with Crippen LogP contribution < -0.4 is 19.7 Å². The lowest BCUT2D eigenvalue weighted by atomic mass is 10.1. The lowest BCUT2D eigenvalue weighted by molar-refractivity contribution is -0.384. The zero-order valence-corrected chi connectivity index (χ0v) is 19.1. The van der Waals surface area contributed by atoms with E-state index in [1.807, 2.05) is 41.3 Å². The zero-order chi connectivity index (χ0) is 25.1. The highest BCUT2D eigenvalue weighted by Crippen LogP contribution is 2.39. The Labute approximate surface area is 205 Å². The first-order valence-corrected chi connectivity index (χ1v) is 11.3. The minimum atomic E-state index is -0.793. The van der Waals surface area contributed by atoms with Crippen LogP contribution in [-0.2, 0) is 9.53 Å². The minimum absolute atomic E-state index is 0.0968. The number of fused-ring (bicyclic) bond motifs is 2. The molecule has 0 unspecified atom stereocenters. The number of morpholine rings is 1. The predicted molar refractivity (Wildman–Crippen MR) is 131 cm³/mol. The molecule has 5 rings (SSSR count). The van der Waals surface area contributed by atoms with Crippen molar-refractivity contribution >= 4 is 40.1 Å². The lowest BCUT2D eigenvalue weighted by Gasteiger charge is -2.29. The monoisotopic (exact) mass is 487 g/mol. The maximum absolute atomic E-state index is 13.1. The molecule has 0 atom stereocenters. The topological polar surface area (TPSA) is 140 Å². The molecule has 36 heavy (non-hydrogen) atoms. The van der Waals surface area contributed by atoms with Gasteiger partial charge in [0.2, 0.25) is 0 Å². The molecular weight excluding hydrogens is 466 g/mol. The fraction of sp³-hybridized carbons (Fsp3) is 0.240. The van der Waals surface area contributed by atoms with E-state index >= 15 is 0 Å². The number of anilines is 2. The molecule has 2 aliphatic heterocycles. The van der Waals surface area contributed by atoms with Gasteiger partial charge in [0.15, 0.2) is 11.5 Å². The average molecular weight is 487 g/mol. The fourth-order valence-corrected chi connectivity index (χ4v) is 4.08. The number of benzene rings is 2. The molecule has 0 aliphatic carbocycles. The van der Waals surface area contributed by atoms with Crippen LogP contribution in [0.25, 0.3) is 17.0 Å². The molecule has 182 valence electrons. The van der Waals surface area contributed by atoms with Gasteiger partial charge < -0.3 is 24.4 Å². The summed E-state index contributed by atoms with van der Waals surface area (Å²) in [5.41, 5.74) is 0.669. The Morgan fingerprint density at radius 1 is 1.11 bits per heavy atom. The molecule has 1 aromatic heterocycles. The maximum atomic E-state index is 13.1. The summed E-state index contributed by atoms with van der Waals surface area (Å²) in [4.78, 5) is 30.9. The number of hydrogen-bond donors (Lipinski definition) is 1. The van der Waals surface area contributed by atoms with Crippen LogP contribution in [0, 0.1) is 21.4 Å². The standard InChI is InChI=1S/C25H21N5O6/c26-15-18(25(31)28-20-13-22-23(36-10-9-35-22)14-21(20)30(32)33)12-17-11-16-3-1-2-4-19(16)27-24(17)29-5-7-34-8-6-29/h1-4,11-14H,5-10H2,(H,28,31). The highest BCUT2D eigenvalue weighted by Gasteiger charge is 2.25.